The van der Waals surface area contributed by atoms with E-state index in [0.717, 1.165) is 27.9 Å². The second-order valence-electron chi connectivity index (χ2n) is 4.16. The summed E-state index contributed by atoms with van der Waals surface area (Å²) in [4.78, 5) is 11.3. The Labute approximate surface area is 99.4 Å². The topological polar surface area (TPSA) is 51.5 Å². The van der Waals surface area contributed by atoms with Crippen LogP contribution in [-0.4, -0.2) is 22.8 Å². The number of carbonyl (C=O) groups is 1. The maximum Gasteiger partial charge on any atom is 0.338 e. The third-order valence-electron chi connectivity index (χ3n) is 3.22. The molecule has 0 radical (unpaired) electrons. The average Bonchev–Trinajstić information content (AvgIpc) is 2.50. The summed E-state index contributed by atoms with van der Waals surface area (Å²) in [5, 5.41) is 10.0. The number of aromatic nitrogens is 1. The van der Waals surface area contributed by atoms with E-state index in [0.29, 0.717) is 5.56 Å². The standard InChI is InChI=1S/C13H15NO3/c1-7-5-9-10(6-11(7)17-4)14(3)8(2)12(9)13(15)16/h5-6H,1-4H3,(H,15,16). The highest BCUT2D eigenvalue weighted by molar-refractivity contribution is 6.05. The molecular weight excluding hydrogens is 218 g/mol. The van der Waals surface area contributed by atoms with Gasteiger partial charge in [0.05, 0.1) is 18.2 Å². The summed E-state index contributed by atoms with van der Waals surface area (Å²) in [5.41, 5.74) is 2.93. The Hall–Kier alpha value is -1.97. The van der Waals surface area contributed by atoms with Crippen molar-refractivity contribution < 1.29 is 14.6 Å². The van der Waals surface area contributed by atoms with Crippen molar-refractivity contribution in [2.24, 2.45) is 7.05 Å². The fraction of sp³-hybridized carbons (Fsp3) is 0.308. The lowest BCUT2D eigenvalue weighted by Crippen LogP contribution is -1.99. The second-order valence-corrected chi connectivity index (χ2v) is 4.16. The Morgan fingerprint density at radius 3 is 2.53 bits per heavy atom. The van der Waals surface area contributed by atoms with Gasteiger partial charge in [0, 0.05) is 24.2 Å². The van der Waals surface area contributed by atoms with Crippen LogP contribution in [0.3, 0.4) is 0 Å². The summed E-state index contributed by atoms with van der Waals surface area (Å²) in [6, 6.07) is 3.74. The second kappa shape index (κ2) is 3.80. The number of methoxy groups -OCH3 is 1. The molecule has 17 heavy (non-hydrogen) atoms. The first-order valence-electron chi connectivity index (χ1n) is 5.34. The van der Waals surface area contributed by atoms with Gasteiger partial charge in [-0.25, -0.2) is 4.79 Å². The zero-order valence-corrected chi connectivity index (χ0v) is 10.4. The number of aryl methyl sites for hydroxylation is 2. The quantitative estimate of drug-likeness (QED) is 0.867. The highest BCUT2D eigenvalue weighted by Crippen LogP contribution is 2.30. The molecule has 0 saturated heterocycles. The molecule has 4 heteroatoms. The number of fused-ring (bicyclic) bond motifs is 1. The van der Waals surface area contributed by atoms with Crippen LogP contribution in [0.15, 0.2) is 12.1 Å². The molecule has 0 aliphatic rings. The lowest BCUT2D eigenvalue weighted by Gasteiger charge is -2.05. The van der Waals surface area contributed by atoms with Gasteiger partial charge in [-0.2, -0.15) is 0 Å². The van der Waals surface area contributed by atoms with E-state index in [1.165, 1.54) is 0 Å². The molecule has 1 N–H and O–H groups in total. The lowest BCUT2D eigenvalue weighted by atomic mass is 10.1. The van der Waals surface area contributed by atoms with Gasteiger partial charge in [-0.1, -0.05) is 0 Å². The van der Waals surface area contributed by atoms with Gasteiger partial charge >= 0.3 is 5.97 Å². The largest absolute Gasteiger partial charge is 0.496 e. The number of carboxylic acid groups (broad SMARTS) is 1. The Balaban J connectivity index is 2.91. The molecule has 1 aromatic carbocycles. The highest BCUT2D eigenvalue weighted by Gasteiger charge is 2.18. The smallest absolute Gasteiger partial charge is 0.338 e. The van der Waals surface area contributed by atoms with Gasteiger partial charge in [0.2, 0.25) is 0 Å². The van der Waals surface area contributed by atoms with Gasteiger partial charge in [-0.05, 0) is 25.5 Å². The van der Waals surface area contributed by atoms with Crippen molar-refractivity contribution in [1.82, 2.24) is 4.57 Å². The van der Waals surface area contributed by atoms with Gasteiger partial charge in [-0.3, -0.25) is 0 Å². The molecule has 90 valence electrons. The normalized spacial score (nSPS) is 10.8. The molecule has 0 aliphatic carbocycles. The van der Waals surface area contributed by atoms with Crippen LogP contribution < -0.4 is 4.74 Å². The van der Waals surface area contributed by atoms with E-state index in [2.05, 4.69) is 0 Å². The predicted molar refractivity (Wildman–Crippen MR) is 65.9 cm³/mol. The molecule has 0 bridgehead atoms. The van der Waals surface area contributed by atoms with E-state index >= 15 is 0 Å². The predicted octanol–water partition coefficient (Wildman–Crippen LogP) is 2.50. The Morgan fingerprint density at radius 2 is 2.00 bits per heavy atom. The Bertz CT molecular complexity index is 611. The highest BCUT2D eigenvalue weighted by atomic mass is 16.5. The molecule has 0 fully saturated rings. The van der Waals surface area contributed by atoms with Gasteiger partial charge in [-0.15, -0.1) is 0 Å². The summed E-state index contributed by atoms with van der Waals surface area (Å²) in [6.45, 7) is 3.72. The summed E-state index contributed by atoms with van der Waals surface area (Å²) < 4.78 is 7.13. The van der Waals surface area contributed by atoms with E-state index in [1.54, 1.807) is 7.11 Å². The fourth-order valence-corrected chi connectivity index (χ4v) is 2.19. The minimum absolute atomic E-state index is 0.369. The monoisotopic (exact) mass is 233 g/mol. The van der Waals surface area contributed by atoms with Crippen molar-refractivity contribution in [3.63, 3.8) is 0 Å². The van der Waals surface area contributed by atoms with Crippen molar-refractivity contribution >= 4 is 16.9 Å². The number of rotatable bonds is 2. The number of ether oxygens (including phenoxy) is 1. The third kappa shape index (κ3) is 1.56. The minimum Gasteiger partial charge on any atom is -0.496 e. The SMILES string of the molecule is COc1cc2c(cc1C)c(C(=O)O)c(C)n2C. The summed E-state index contributed by atoms with van der Waals surface area (Å²) >= 11 is 0. The zero-order chi connectivity index (χ0) is 12.7. The van der Waals surface area contributed by atoms with E-state index in [9.17, 15) is 9.90 Å². The Kier molecular flexibility index (Phi) is 2.58. The summed E-state index contributed by atoms with van der Waals surface area (Å²) in [7, 11) is 3.47. The van der Waals surface area contributed by atoms with Crippen LogP contribution in [0, 0.1) is 13.8 Å². The lowest BCUT2D eigenvalue weighted by molar-refractivity contribution is 0.0698. The molecule has 0 unspecified atom stereocenters. The summed E-state index contributed by atoms with van der Waals surface area (Å²) in [6.07, 6.45) is 0. The van der Waals surface area contributed by atoms with E-state index in [4.69, 9.17) is 4.74 Å². The van der Waals surface area contributed by atoms with E-state index < -0.39 is 5.97 Å². The number of hydrogen-bond acceptors (Lipinski definition) is 2. The van der Waals surface area contributed by atoms with Gasteiger partial charge in [0.25, 0.3) is 0 Å². The molecule has 0 amide bonds. The molecule has 0 atom stereocenters. The number of nitrogens with zero attached hydrogens (tertiary/aromatic N) is 1. The molecule has 2 aromatic rings. The first-order valence-corrected chi connectivity index (χ1v) is 5.34. The number of benzene rings is 1. The molecule has 1 aromatic heterocycles. The van der Waals surface area contributed by atoms with Gasteiger partial charge in [0.1, 0.15) is 5.75 Å². The van der Waals surface area contributed by atoms with Crippen LogP contribution in [0.1, 0.15) is 21.6 Å². The molecule has 4 nitrogen and oxygen atoms in total. The minimum atomic E-state index is -0.891. The van der Waals surface area contributed by atoms with Crippen molar-refractivity contribution in [3.05, 3.63) is 29.0 Å². The van der Waals surface area contributed by atoms with Crippen molar-refractivity contribution in [2.45, 2.75) is 13.8 Å². The summed E-state index contributed by atoms with van der Waals surface area (Å²) in [5.74, 6) is -0.118. The van der Waals surface area contributed by atoms with Crippen LogP contribution >= 0.6 is 0 Å². The fourth-order valence-electron chi connectivity index (χ4n) is 2.19. The molecule has 0 spiro atoms. The van der Waals surface area contributed by atoms with Crippen molar-refractivity contribution in [2.75, 3.05) is 7.11 Å². The van der Waals surface area contributed by atoms with Crippen LogP contribution in [0.4, 0.5) is 0 Å². The molecule has 0 saturated carbocycles. The molecule has 0 aliphatic heterocycles. The maximum absolute atomic E-state index is 11.3. The van der Waals surface area contributed by atoms with E-state index in [1.807, 2.05) is 37.6 Å². The molecule has 2 rings (SSSR count). The van der Waals surface area contributed by atoms with Crippen LogP contribution in [0.25, 0.3) is 10.9 Å². The number of aromatic carboxylic acids is 1. The first-order chi connectivity index (χ1) is 7.97. The number of carboxylic acids is 1. The number of hydrogen-bond donors (Lipinski definition) is 1. The third-order valence-corrected chi connectivity index (χ3v) is 3.22. The van der Waals surface area contributed by atoms with Gasteiger partial charge < -0.3 is 14.4 Å². The van der Waals surface area contributed by atoms with Crippen molar-refractivity contribution in [1.29, 1.82) is 0 Å². The van der Waals surface area contributed by atoms with E-state index in [-0.39, 0.29) is 0 Å². The van der Waals surface area contributed by atoms with Crippen LogP contribution in [0.5, 0.6) is 5.75 Å². The Morgan fingerprint density at radius 1 is 1.35 bits per heavy atom. The van der Waals surface area contributed by atoms with Crippen molar-refractivity contribution in [3.8, 4) is 5.75 Å². The molecule has 1 heterocycles. The van der Waals surface area contributed by atoms with Gasteiger partial charge in [0.15, 0.2) is 0 Å². The first kappa shape index (κ1) is 11.5. The average molecular weight is 233 g/mol. The van der Waals surface area contributed by atoms with Crippen LogP contribution in [-0.2, 0) is 7.05 Å². The maximum atomic E-state index is 11.3. The molecular formula is C13H15NO3. The zero-order valence-electron chi connectivity index (χ0n) is 10.4. The van der Waals surface area contributed by atoms with Crippen LogP contribution in [0.2, 0.25) is 0 Å².